The monoisotopic (exact) mass is 308 g/mol. The van der Waals surface area contributed by atoms with E-state index in [1.54, 1.807) is 25.3 Å². The van der Waals surface area contributed by atoms with Gasteiger partial charge in [0.15, 0.2) is 5.43 Å². The van der Waals surface area contributed by atoms with Crippen LogP contribution in [0.2, 0.25) is 0 Å². The van der Waals surface area contributed by atoms with Crippen molar-refractivity contribution in [1.29, 1.82) is 0 Å². The zero-order valence-electron chi connectivity index (χ0n) is 12.6. The highest BCUT2D eigenvalue weighted by molar-refractivity contribution is 5.94. The molecule has 0 fully saturated rings. The van der Waals surface area contributed by atoms with Crippen LogP contribution >= 0.6 is 0 Å². The normalized spacial score (nSPS) is 10.5. The minimum absolute atomic E-state index is 0.179. The van der Waals surface area contributed by atoms with Crippen molar-refractivity contribution < 1.29 is 9.53 Å². The first-order valence-corrected chi connectivity index (χ1v) is 7.21. The van der Waals surface area contributed by atoms with Gasteiger partial charge in [-0.1, -0.05) is 30.3 Å². The van der Waals surface area contributed by atoms with Gasteiger partial charge < -0.3 is 15.0 Å². The molecule has 0 aliphatic rings. The third-order valence-corrected chi connectivity index (χ3v) is 3.61. The zero-order chi connectivity index (χ0) is 16.2. The Morgan fingerprint density at radius 1 is 1.13 bits per heavy atom. The number of hydrogen-bond donors (Lipinski definition) is 2. The van der Waals surface area contributed by atoms with E-state index in [2.05, 4.69) is 10.3 Å². The van der Waals surface area contributed by atoms with Gasteiger partial charge in [0.05, 0.1) is 7.11 Å². The number of pyridine rings is 1. The van der Waals surface area contributed by atoms with Crippen LogP contribution in [0, 0.1) is 0 Å². The molecule has 0 bridgehead atoms. The number of rotatable bonds is 4. The molecular formula is C18H16N2O3. The van der Waals surface area contributed by atoms with Crippen LogP contribution in [0.5, 0.6) is 5.75 Å². The number of amides is 1. The van der Waals surface area contributed by atoms with E-state index < -0.39 is 0 Å². The van der Waals surface area contributed by atoms with Gasteiger partial charge in [0.2, 0.25) is 0 Å². The number of carbonyl (C=O) groups excluding carboxylic acids is 1. The van der Waals surface area contributed by atoms with Crippen LogP contribution < -0.4 is 15.5 Å². The Balaban J connectivity index is 1.82. The molecule has 1 aromatic heterocycles. The molecule has 5 nitrogen and oxygen atoms in total. The molecule has 0 atom stereocenters. The highest BCUT2D eigenvalue weighted by atomic mass is 16.5. The van der Waals surface area contributed by atoms with E-state index in [0.717, 1.165) is 5.56 Å². The van der Waals surface area contributed by atoms with Crippen molar-refractivity contribution in [3.8, 4) is 5.75 Å². The van der Waals surface area contributed by atoms with Crippen LogP contribution in [-0.4, -0.2) is 18.0 Å². The van der Waals surface area contributed by atoms with Crippen LogP contribution in [0.15, 0.2) is 59.4 Å². The van der Waals surface area contributed by atoms with Crippen molar-refractivity contribution in [3.63, 3.8) is 0 Å². The predicted octanol–water partition coefficient (Wildman–Crippen LogP) is 2.47. The molecule has 1 heterocycles. The fourth-order valence-corrected chi connectivity index (χ4v) is 2.44. The summed E-state index contributed by atoms with van der Waals surface area (Å²) in [7, 11) is 1.58. The summed E-state index contributed by atoms with van der Waals surface area (Å²) in [5.41, 5.74) is 1.57. The van der Waals surface area contributed by atoms with Crippen molar-refractivity contribution in [2.75, 3.05) is 7.11 Å². The maximum absolute atomic E-state index is 12.3. The Labute approximate surface area is 132 Å². The minimum Gasteiger partial charge on any atom is -0.496 e. The van der Waals surface area contributed by atoms with E-state index in [1.165, 1.54) is 6.07 Å². The van der Waals surface area contributed by atoms with Crippen molar-refractivity contribution in [1.82, 2.24) is 10.3 Å². The average Bonchev–Trinajstić information content (AvgIpc) is 2.59. The molecule has 0 saturated heterocycles. The Kier molecular flexibility index (Phi) is 4.10. The molecule has 0 aliphatic carbocycles. The number of aromatic nitrogens is 1. The van der Waals surface area contributed by atoms with Gasteiger partial charge in [-0.05, 0) is 18.2 Å². The lowest BCUT2D eigenvalue weighted by molar-refractivity contribution is 0.0946. The van der Waals surface area contributed by atoms with Gasteiger partial charge in [-0.25, -0.2) is 0 Å². The van der Waals surface area contributed by atoms with E-state index in [9.17, 15) is 9.59 Å². The number of methoxy groups -OCH3 is 1. The van der Waals surface area contributed by atoms with E-state index in [4.69, 9.17) is 4.74 Å². The molecule has 116 valence electrons. The van der Waals surface area contributed by atoms with Gasteiger partial charge in [-0.15, -0.1) is 0 Å². The number of hydrogen-bond acceptors (Lipinski definition) is 3. The van der Waals surface area contributed by atoms with Crippen LogP contribution in [0.25, 0.3) is 10.9 Å². The molecule has 23 heavy (non-hydrogen) atoms. The van der Waals surface area contributed by atoms with Crippen LogP contribution in [-0.2, 0) is 6.54 Å². The lowest BCUT2D eigenvalue weighted by atomic mass is 10.2. The largest absolute Gasteiger partial charge is 0.496 e. The van der Waals surface area contributed by atoms with Crippen LogP contribution in [0.3, 0.4) is 0 Å². The molecule has 2 N–H and O–H groups in total. The van der Waals surface area contributed by atoms with E-state index >= 15 is 0 Å². The number of ether oxygens (including phenoxy) is 1. The molecule has 1 amide bonds. The fourth-order valence-electron chi connectivity index (χ4n) is 2.44. The molecule has 5 heteroatoms. The summed E-state index contributed by atoms with van der Waals surface area (Å²) in [6.45, 7) is 0.317. The summed E-state index contributed by atoms with van der Waals surface area (Å²) in [6.07, 6.45) is 0. The number of aromatic amines is 1. The van der Waals surface area contributed by atoms with E-state index in [-0.39, 0.29) is 17.0 Å². The standard InChI is InChI=1S/C18H16N2O3/c1-23-17-9-5-2-6-12(17)11-19-18(22)15-10-16(21)13-7-3-4-8-14(13)20-15/h2-10H,11H2,1H3,(H,19,22)(H,20,21). The number of benzene rings is 2. The second-order valence-corrected chi connectivity index (χ2v) is 5.09. The summed E-state index contributed by atoms with van der Waals surface area (Å²) >= 11 is 0. The predicted molar refractivity (Wildman–Crippen MR) is 88.7 cm³/mol. The Morgan fingerprint density at radius 2 is 1.87 bits per heavy atom. The molecule has 3 aromatic rings. The highest BCUT2D eigenvalue weighted by Gasteiger charge is 2.10. The fraction of sp³-hybridized carbons (Fsp3) is 0.111. The first kappa shape index (κ1) is 14.8. The van der Waals surface area contributed by atoms with Crippen LogP contribution in [0.4, 0.5) is 0 Å². The summed E-state index contributed by atoms with van der Waals surface area (Å²) in [5, 5.41) is 3.36. The topological polar surface area (TPSA) is 71.2 Å². The zero-order valence-corrected chi connectivity index (χ0v) is 12.6. The van der Waals surface area contributed by atoms with Crippen molar-refractivity contribution in [2.45, 2.75) is 6.54 Å². The molecule has 3 rings (SSSR count). The Morgan fingerprint density at radius 3 is 2.70 bits per heavy atom. The lowest BCUT2D eigenvalue weighted by Crippen LogP contribution is -2.25. The van der Waals surface area contributed by atoms with Gasteiger partial charge in [0.25, 0.3) is 5.91 Å². The number of fused-ring (bicyclic) bond motifs is 1. The highest BCUT2D eigenvalue weighted by Crippen LogP contribution is 2.16. The Hall–Kier alpha value is -3.08. The molecule has 0 aliphatic heterocycles. The molecule has 0 spiro atoms. The average molecular weight is 308 g/mol. The Bertz CT molecular complexity index is 915. The van der Waals surface area contributed by atoms with Gasteiger partial charge >= 0.3 is 0 Å². The van der Waals surface area contributed by atoms with Gasteiger partial charge in [0.1, 0.15) is 11.4 Å². The lowest BCUT2D eigenvalue weighted by Gasteiger charge is -2.10. The first-order chi connectivity index (χ1) is 11.2. The smallest absolute Gasteiger partial charge is 0.268 e. The van der Waals surface area contributed by atoms with E-state index in [0.29, 0.717) is 23.2 Å². The molecule has 0 radical (unpaired) electrons. The van der Waals surface area contributed by atoms with Crippen molar-refractivity contribution in [2.24, 2.45) is 0 Å². The first-order valence-electron chi connectivity index (χ1n) is 7.21. The van der Waals surface area contributed by atoms with E-state index in [1.807, 2.05) is 30.3 Å². The second kappa shape index (κ2) is 6.36. The summed E-state index contributed by atoms with van der Waals surface area (Å²) in [6, 6.07) is 15.9. The van der Waals surface area contributed by atoms with Gasteiger partial charge in [-0.2, -0.15) is 0 Å². The third-order valence-electron chi connectivity index (χ3n) is 3.61. The summed E-state index contributed by atoms with van der Waals surface area (Å²) < 4.78 is 5.25. The third kappa shape index (κ3) is 3.08. The summed E-state index contributed by atoms with van der Waals surface area (Å²) in [4.78, 5) is 27.3. The molecule has 0 unspecified atom stereocenters. The number of para-hydroxylation sites is 2. The number of carbonyl (C=O) groups is 1. The van der Waals surface area contributed by atoms with Gasteiger partial charge in [-0.3, -0.25) is 9.59 Å². The van der Waals surface area contributed by atoms with Crippen molar-refractivity contribution in [3.05, 3.63) is 76.1 Å². The second-order valence-electron chi connectivity index (χ2n) is 5.09. The maximum Gasteiger partial charge on any atom is 0.268 e. The molecule has 0 saturated carbocycles. The quantitative estimate of drug-likeness (QED) is 0.778. The summed E-state index contributed by atoms with van der Waals surface area (Å²) in [5.74, 6) is 0.374. The molecular weight excluding hydrogens is 292 g/mol. The van der Waals surface area contributed by atoms with Gasteiger partial charge in [0, 0.05) is 29.1 Å². The SMILES string of the molecule is COc1ccccc1CNC(=O)c1cc(=O)c2ccccc2[nH]1. The minimum atomic E-state index is -0.334. The molecule has 2 aromatic carbocycles. The number of nitrogens with one attached hydrogen (secondary N) is 2. The van der Waals surface area contributed by atoms with Crippen LogP contribution in [0.1, 0.15) is 16.1 Å². The maximum atomic E-state index is 12.3. The number of H-pyrrole nitrogens is 1. The van der Waals surface area contributed by atoms with Crippen molar-refractivity contribution >= 4 is 16.8 Å².